The molecule has 0 aliphatic heterocycles. The number of rotatable bonds is 4. The number of aromatic nitrogens is 2. The fourth-order valence-corrected chi connectivity index (χ4v) is 1.18. The predicted molar refractivity (Wildman–Crippen MR) is 56.5 cm³/mol. The molecule has 14 heavy (non-hydrogen) atoms. The van der Waals surface area contributed by atoms with E-state index < -0.39 is 0 Å². The number of hydrogen-bond donors (Lipinski definition) is 3. The summed E-state index contributed by atoms with van der Waals surface area (Å²) in [5.41, 5.74) is 6.61. The van der Waals surface area contributed by atoms with Crippen LogP contribution in [0.3, 0.4) is 0 Å². The van der Waals surface area contributed by atoms with E-state index in [0.717, 1.165) is 17.8 Å². The smallest absolute Gasteiger partial charge is 0.149 e. The minimum Gasteiger partial charge on any atom is -0.308 e. The Kier molecular flexibility index (Phi) is 3.61. The Morgan fingerprint density at radius 2 is 2.00 bits per heavy atom. The van der Waals surface area contributed by atoms with Crippen LogP contribution >= 0.6 is 0 Å². The zero-order valence-corrected chi connectivity index (χ0v) is 8.70. The van der Waals surface area contributed by atoms with E-state index in [2.05, 4.69) is 20.8 Å². The van der Waals surface area contributed by atoms with Gasteiger partial charge in [-0.2, -0.15) is 0 Å². The molecule has 0 radical (unpaired) electrons. The van der Waals surface area contributed by atoms with Gasteiger partial charge in [-0.25, -0.2) is 20.8 Å². The lowest BCUT2D eigenvalue weighted by Gasteiger charge is -2.16. The van der Waals surface area contributed by atoms with E-state index in [1.807, 2.05) is 26.0 Å². The topological polar surface area (TPSA) is 79.1 Å². The standard InChI is InChI=1S/C8H16N6/c1-4-6-7(12-9)10-5-11-8(6)13-14(2)3/h5H,4,9H2,1-3H3,(H2,10,11,12,13). The average molecular weight is 196 g/mol. The van der Waals surface area contributed by atoms with Crippen LogP contribution in [-0.2, 0) is 6.42 Å². The molecule has 78 valence electrons. The normalized spacial score (nSPS) is 10.4. The molecule has 0 atom stereocenters. The van der Waals surface area contributed by atoms with Crippen LogP contribution < -0.4 is 16.7 Å². The van der Waals surface area contributed by atoms with Gasteiger partial charge in [0.2, 0.25) is 0 Å². The van der Waals surface area contributed by atoms with E-state index in [4.69, 9.17) is 5.84 Å². The fourth-order valence-electron chi connectivity index (χ4n) is 1.18. The van der Waals surface area contributed by atoms with E-state index in [1.165, 1.54) is 6.33 Å². The fraction of sp³-hybridized carbons (Fsp3) is 0.500. The summed E-state index contributed by atoms with van der Waals surface area (Å²) in [5, 5.41) is 1.82. The van der Waals surface area contributed by atoms with Crippen molar-refractivity contribution in [2.75, 3.05) is 24.9 Å². The minimum atomic E-state index is 0.659. The number of hydrazine groups is 2. The van der Waals surface area contributed by atoms with Crippen LogP contribution in [0.5, 0.6) is 0 Å². The summed E-state index contributed by atoms with van der Waals surface area (Å²) in [6.07, 6.45) is 2.29. The van der Waals surface area contributed by atoms with Crippen LogP contribution in [0.1, 0.15) is 12.5 Å². The van der Waals surface area contributed by atoms with Gasteiger partial charge in [-0.15, -0.1) is 0 Å². The molecule has 0 bridgehead atoms. The lowest BCUT2D eigenvalue weighted by Crippen LogP contribution is -2.22. The summed E-state index contributed by atoms with van der Waals surface area (Å²) < 4.78 is 0. The van der Waals surface area contributed by atoms with Crippen molar-refractivity contribution in [1.29, 1.82) is 0 Å². The highest BCUT2D eigenvalue weighted by atomic mass is 15.5. The van der Waals surface area contributed by atoms with Gasteiger partial charge in [0.25, 0.3) is 0 Å². The number of nitrogens with zero attached hydrogens (tertiary/aromatic N) is 3. The Morgan fingerprint density at radius 3 is 2.50 bits per heavy atom. The van der Waals surface area contributed by atoms with Crippen molar-refractivity contribution < 1.29 is 0 Å². The summed E-state index contributed by atoms with van der Waals surface area (Å²) in [7, 11) is 3.80. The molecule has 1 heterocycles. The van der Waals surface area contributed by atoms with Crippen LogP contribution in [0.2, 0.25) is 0 Å². The Balaban J connectivity index is 3.02. The quantitative estimate of drug-likeness (QED) is 0.472. The number of nitrogen functional groups attached to an aromatic ring is 1. The highest BCUT2D eigenvalue weighted by Gasteiger charge is 2.08. The van der Waals surface area contributed by atoms with Gasteiger partial charge in [0.05, 0.1) is 0 Å². The number of anilines is 2. The molecular weight excluding hydrogens is 180 g/mol. The number of nitrogens with one attached hydrogen (secondary N) is 2. The first-order valence-corrected chi connectivity index (χ1v) is 4.43. The molecule has 0 aromatic carbocycles. The second-order valence-electron chi connectivity index (χ2n) is 3.05. The zero-order valence-electron chi connectivity index (χ0n) is 8.70. The molecule has 0 aliphatic rings. The average Bonchev–Trinajstić information content (AvgIpc) is 2.16. The monoisotopic (exact) mass is 196 g/mol. The SMILES string of the molecule is CCc1c(NN)ncnc1NN(C)C. The van der Waals surface area contributed by atoms with Gasteiger partial charge < -0.3 is 10.9 Å². The first-order chi connectivity index (χ1) is 6.69. The molecule has 6 heteroatoms. The van der Waals surface area contributed by atoms with Crippen LogP contribution in [0.15, 0.2) is 6.33 Å². The first kappa shape index (κ1) is 10.7. The van der Waals surface area contributed by atoms with Crippen molar-refractivity contribution in [3.05, 3.63) is 11.9 Å². The maximum absolute atomic E-state index is 5.34. The molecule has 1 aromatic rings. The molecular formula is C8H16N6. The maximum Gasteiger partial charge on any atom is 0.149 e. The van der Waals surface area contributed by atoms with Crippen molar-refractivity contribution in [1.82, 2.24) is 15.0 Å². The summed E-state index contributed by atoms with van der Waals surface area (Å²) in [5.74, 6) is 6.78. The lowest BCUT2D eigenvalue weighted by atomic mass is 10.2. The molecule has 0 saturated carbocycles. The summed E-state index contributed by atoms with van der Waals surface area (Å²) in [6.45, 7) is 2.03. The highest BCUT2D eigenvalue weighted by molar-refractivity contribution is 5.56. The maximum atomic E-state index is 5.34. The highest BCUT2D eigenvalue weighted by Crippen LogP contribution is 2.19. The third-order valence-corrected chi connectivity index (χ3v) is 1.77. The van der Waals surface area contributed by atoms with Gasteiger partial charge in [0.1, 0.15) is 18.0 Å². The van der Waals surface area contributed by atoms with Gasteiger partial charge in [-0.1, -0.05) is 6.92 Å². The molecule has 6 nitrogen and oxygen atoms in total. The third kappa shape index (κ3) is 2.30. The summed E-state index contributed by atoms with van der Waals surface area (Å²) >= 11 is 0. The molecule has 0 amide bonds. The number of nitrogens with two attached hydrogens (primary N) is 1. The van der Waals surface area contributed by atoms with E-state index in [-0.39, 0.29) is 0 Å². The van der Waals surface area contributed by atoms with Gasteiger partial charge in [0, 0.05) is 19.7 Å². The summed E-state index contributed by atoms with van der Waals surface area (Å²) in [4.78, 5) is 8.17. The van der Waals surface area contributed by atoms with Crippen LogP contribution in [-0.4, -0.2) is 29.1 Å². The van der Waals surface area contributed by atoms with E-state index >= 15 is 0 Å². The van der Waals surface area contributed by atoms with Crippen LogP contribution in [0, 0.1) is 0 Å². The molecule has 0 unspecified atom stereocenters. The number of hydrogen-bond acceptors (Lipinski definition) is 6. The van der Waals surface area contributed by atoms with Crippen molar-refractivity contribution in [2.45, 2.75) is 13.3 Å². The van der Waals surface area contributed by atoms with Crippen LogP contribution in [0.25, 0.3) is 0 Å². The van der Waals surface area contributed by atoms with E-state index in [1.54, 1.807) is 0 Å². The Hall–Kier alpha value is -1.40. The predicted octanol–water partition coefficient (Wildman–Crippen LogP) is 0.213. The van der Waals surface area contributed by atoms with E-state index in [9.17, 15) is 0 Å². The molecule has 1 aromatic heterocycles. The van der Waals surface area contributed by atoms with Gasteiger partial charge in [-0.3, -0.25) is 0 Å². The molecule has 0 saturated heterocycles. The Morgan fingerprint density at radius 1 is 1.36 bits per heavy atom. The first-order valence-electron chi connectivity index (χ1n) is 4.43. The Labute approximate surface area is 83.5 Å². The van der Waals surface area contributed by atoms with Crippen molar-refractivity contribution in [2.24, 2.45) is 5.84 Å². The van der Waals surface area contributed by atoms with Crippen molar-refractivity contribution in [3.8, 4) is 0 Å². The molecule has 0 fully saturated rings. The second kappa shape index (κ2) is 4.73. The third-order valence-electron chi connectivity index (χ3n) is 1.77. The van der Waals surface area contributed by atoms with Crippen molar-refractivity contribution >= 4 is 11.6 Å². The van der Waals surface area contributed by atoms with Gasteiger partial charge in [-0.05, 0) is 6.42 Å². The molecule has 4 N–H and O–H groups in total. The van der Waals surface area contributed by atoms with Gasteiger partial charge in [0.15, 0.2) is 0 Å². The summed E-state index contributed by atoms with van der Waals surface area (Å²) in [6, 6.07) is 0. The van der Waals surface area contributed by atoms with Gasteiger partial charge >= 0.3 is 0 Å². The zero-order chi connectivity index (χ0) is 10.6. The van der Waals surface area contributed by atoms with Crippen molar-refractivity contribution in [3.63, 3.8) is 0 Å². The van der Waals surface area contributed by atoms with Crippen LogP contribution in [0.4, 0.5) is 11.6 Å². The molecule has 0 spiro atoms. The molecule has 0 aliphatic carbocycles. The lowest BCUT2D eigenvalue weighted by molar-refractivity contribution is 0.491. The minimum absolute atomic E-state index is 0.659. The molecule has 1 rings (SSSR count). The second-order valence-corrected chi connectivity index (χ2v) is 3.05. The Bertz CT molecular complexity index is 298. The largest absolute Gasteiger partial charge is 0.308 e. The van der Waals surface area contributed by atoms with E-state index in [0.29, 0.717) is 5.82 Å².